The first-order valence-corrected chi connectivity index (χ1v) is 7.09. The van der Waals surface area contributed by atoms with Crippen LogP contribution in [-0.4, -0.2) is 54.1 Å². The molecule has 118 valence electrons. The number of aliphatic carboxylic acids is 1. The maximum atomic E-state index is 12.4. The Labute approximate surface area is 128 Å². The first-order chi connectivity index (χ1) is 10.5. The Morgan fingerprint density at radius 2 is 2.05 bits per heavy atom. The number of rotatable bonds is 5. The van der Waals surface area contributed by atoms with Gasteiger partial charge in [-0.1, -0.05) is 18.2 Å². The van der Waals surface area contributed by atoms with Gasteiger partial charge in [-0.05, 0) is 18.6 Å². The van der Waals surface area contributed by atoms with Gasteiger partial charge in [0, 0.05) is 25.8 Å². The van der Waals surface area contributed by atoms with Gasteiger partial charge in [0.1, 0.15) is 6.04 Å². The fourth-order valence-electron chi connectivity index (χ4n) is 2.43. The van der Waals surface area contributed by atoms with Crippen LogP contribution in [0.1, 0.15) is 12.8 Å². The molecule has 3 amide bonds. The second-order valence-electron chi connectivity index (χ2n) is 5.12. The summed E-state index contributed by atoms with van der Waals surface area (Å²) in [6, 6.07) is 8.35. The van der Waals surface area contributed by atoms with Crippen LogP contribution in [0.3, 0.4) is 0 Å². The summed E-state index contributed by atoms with van der Waals surface area (Å²) in [5.41, 5.74) is 0.815. The van der Waals surface area contributed by atoms with Crippen molar-refractivity contribution in [3.63, 3.8) is 0 Å². The summed E-state index contributed by atoms with van der Waals surface area (Å²) >= 11 is 0. The number of nitrogens with one attached hydrogen (secondary N) is 1. The molecule has 0 spiro atoms. The van der Waals surface area contributed by atoms with E-state index in [0.29, 0.717) is 13.0 Å². The predicted octanol–water partition coefficient (Wildman–Crippen LogP) is 0.908. The van der Waals surface area contributed by atoms with Gasteiger partial charge in [0.15, 0.2) is 0 Å². The SMILES string of the molecule is CN(C(=O)NCCC(=O)O)C1CCN(c2ccccc2)C1=O. The second-order valence-corrected chi connectivity index (χ2v) is 5.12. The van der Waals surface area contributed by atoms with E-state index < -0.39 is 18.0 Å². The van der Waals surface area contributed by atoms with Gasteiger partial charge >= 0.3 is 12.0 Å². The highest BCUT2D eigenvalue weighted by Crippen LogP contribution is 2.23. The number of hydrogen-bond donors (Lipinski definition) is 2. The first-order valence-electron chi connectivity index (χ1n) is 7.09. The summed E-state index contributed by atoms with van der Waals surface area (Å²) in [6.45, 7) is 0.599. The van der Waals surface area contributed by atoms with Gasteiger partial charge in [-0.3, -0.25) is 9.59 Å². The molecule has 2 rings (SSSR count). The molecule has 0 bridgehead atoms. The molecular formula is C15H19N3O4. The average molecular weight is 305 g/mol. The van der Waals surface area contributed by atoms with Crippen molar-refractivity contribution in [3.8, 4) is 0 Å². The minimum absolute atomic E-state index is 0.0435. The molecule has 2 N–H and O–H groups in total. The topological polar surface area (TPSA) is 89.9 Å². The summed E-state index contributed by atoms with van der Waals surface area (Å²) in [5, 5.41) is 11.1. The van der Waals surface area contributed by atoms with E-state index in [-0.39, 0.29) is 18.9 Å². The van der Waals surface area contributed by atoms with E-state index in [1.807, 2.05) is 30.3 Å². The molecule has 1 aromatic carbocycles. The van der Waals surface area contributed by atoms with Gasteiger partial charge in [0.05, 0.1) is 6.42 Å². The lowest BCUT2D eigenvalue weighted by atomic mass is 10.2. The van der Waals surface area contributed by atoms with Crippen LogP contribution in [0.5, 0.6) is 0 Å². The standard InChI is InChI=1S/C15H19N3O4/c1-17(15(22)16-9-7-13(19)20)12-8-10-18(14(12)21)11-5-3-2-4-6-11/h2-6,12H,7-10H2,1H3,(H,16,22)(H,19,20). The molecule has 0 radical (unpaired) electrons. The third-order valence-electron chi connectivity index (χ3n) is 3.65. The van der Waals surface area contributed by atoms with Gasteiger partial charge < -0.3 is 20.2 Å². The number of carboxylic acid groups (broad SMARTS) is 1. The van der Waals surface area contributed by atoms with Crippen molar-refractivity contribution in [1.82, 2.24) is 10.2 Å². The molecule has 0 aromatic heterocycles. The van der Waals surface area contributed by atoms with Crippen molar-refractivity contribution in [1.29, 1.82) is 0 Å². The van der Waals surface area contributed by atoms with E-state index in [1.54, 1.807) is 11.9 Å². The van der Waals surface area contributed by atoms with E-state index in [9.17, 15) is 14.4 Å². The fourth-order valence-corrected chi connectivity index (χ4v) is 2.43. The molecule has 1 fully saturated rings. The number of anilines is 1. The molecule has 7 nitrogen and oxygen atoms in total. The Balaban J connectivity index is 1.94. The number of carbonyl (C=O) groups is 3. The minimum atomic E-state index is -0.977. The molecule has 0 aliphatic carbocycles. The third kappa shape index (κ3) is 3.55. The number of amides is 3. The van der Waals surface area contributed by atoms with Crippen molar-refractivity contribution >= 4 is 23.6 Å². The van der Waals surface area contributed by atoms with Crippen molar-refractivity contribution in [2.75, 3.05) is 25.0 Å². The van der Waals surface area contributed by atoms with Crippen LogP contribution in [0.25, 0.3) is 0 Å². The molecule has 1 saturated heterocycles. The van der Waals surface area contributed by atoms with E-state index in [4.69, 9.17) is 5.11 Å². The smallest absolute Gasteiger partial charge is 0.317 e. The van der Waals surface area contributed by atoms with Gasteiger partial charge in [0.25, 0.3) is 0 Å². The maximum absolute atomic E-state index is 12.4. The first kappa shape index (κ1) is 15.8. The van der Waals surface area contributed by atoms with Crippen LogP contribution in [0, 0.1) is 0 Å². The average Bonchev–Trinajstić information content (AvgIpc) is 2.88. The maximum Gasteiger partial charge on any atom is 0.317 e. The Kier molecular flexibility index (Phi) is 4.98. The number of nitrogens with zero attached hydrogens (tertiary/aromatic N) is 2. The van der Waals surface area contributed by atoms with Gasteiger partial charge in [0.2, 0.25) is 5.91 Å². The molecule has 7 heteroatoms. The molecule has 22 heavy (non-hydrogen) atoms. The summed E-state index contributed by atoms with van der Waals surface area (Å²) < 4.78 is 0. The van der Waals surface area contributed by atoms with Crippen molar-refractivity contribution in [2.45, 2.75) is 18.9 Å². The number of benzene rings is 1. The third-order valence-corrected chi connectivity index (χ3v) is 3.65. The molecule has 1 aliphatic rings. The van der Waals surface area contributed by atoms with Gasteiger partial charge in [-0.15, -0.1) is 0 Å². The van der Waals surface area contributed by atoms with E-state index >= 15 is 0 Å². The van der Waals surface area contributed by atoms with E-state index in [0.717, 1.165) is 5.69 Å². The Morgan fingerprint density at radius 1 is 1.36 bits per heavy atom. The van der Waals surface area contributed by atoms with Crippen LogP contribution in [0.2, 0.25) is 0 Å². The number of carbonyl (C=O) groups excluding carboxylic acids is 2. The molecule has 0 saturated carbocycles. The van der Waals surface area contributed by atoms with Crippen LogP contribution in [-0.2, 0) is 9.59 Å². The fraction of sp³-hybridized carbons (Fsp3) is 0.400. The zero-order chi connectivity index (χ0) is 16.1. The molecule has 1 atom stereocenters. The highest BCUT2D eigenvalue weighted by molar-refractivity contribution is 6.01. The van der Waals surface area contributed by atoms with Crippen molar-refractivity contribution < 1.29 is 19.5 Å². The zero-order valence-corrected chi connectivity index (χ0v) is 12.4. The molecular weight excluding hydrogens is 286 g/mol. The summed E-state index contributed by atoms with van der Waals surface area (Å²) in [4.78, 5) is 37.8. The minimum Gasteiger partial charge on any atom is -0.481 e. The summed E-state index contributed by atoms with van der Waals surface area (Å²) in [6.07, 6.45) is 0.408. The van der Waals surface area contributed by atoms with E-state index in [1.165, 1.54) is 4.90 Å². The molecule has 1 unspecified atom stereocenters. The predicted molar refractivity (Wildman–Crippen MR) is 80.6 cm³/mol. The highest BCUT2D eigenvalue weighted by atomic mass is 16.4. The summed E-state index contributed by atoms with van der Waals surface area (Å²) in [7, 11) is 1.55. The lowest BCUT2D eigenvalue weighted by Gasteiger charge is -2.24. The second kappa shape index (κ2) is 6.93. The monoisotopic (exact) mass is 305 g/mol. The lowest BCUT2D eigenvalue weighted by molar-refractivity contribution is -0.136. The molecule has 1 aromatic rings. The van der Waals surface area contributed by atoms with Crippen molar-refractivity contribution in [2.24, 2.45) is 0 Å². The van der Waals surface area contributed by atoms with Crippen LogP contribution >= 0.6 is 0 Å². The number of likely N-dealkylation sites (N-methyl/N-ethyl adjacent to an activating group) is 1. The molecule has 1 heterocycles. The number of carboxylic acids is 1. The van der Waals surface area contributed by atoms with Crippen LogP contribution in [0.4, 0.5) is 10.5 Å². The highest BCUT2D eigenvalue weighted by Gasteiger charge is 2.37. The molecule has 1 aliphatic heterocycles. The van der Waals surface area contributed by atoms with Crippen LogP contribution < -0.4 is 10.2 Å². The summed E-state index contributed by atoms with van der Waals surface area (Å²) in [5.74, 6) is -1.10. The van der Waals surface area contributed by atoms with Gasteiger partial charge in [-0.25, -0.2) is 4.79 Å². The Bertz CT molecular complexity index is 561. The zero-order valence-electron chi connectivity index (χ0n) is 12.4. The quantitative estimate of drug-likeness (QED) is 0.846. The normalized spacial score (nSPS) is 17.4. The van der Waals surface area contributed by atoms with Crippen molar-refractivity contribution in [3.05, 3.63) is 30.3 Å². The lowest BCUT2D eigenvalue weighted by Crippen LogP contribution is -2.47. The number of hydrogen-bond acceptors (Lipinski definition) is 3. The Hall–Kier alpha value is -2.57. The number of para-hydroxylation sites is 1. The largest absolute Gasteiger partial charge is 0.481 e. The van der Waals surface area contributed by atoms with E-state index in [2.05, 4.69) is 5.32 Å². The van der Waals surface area contributed by atoms with Crippen LogP contribution in [0.15, 0.2) is 30.3 Å². The number of urea groups is 1. The van der Waals surface area contributed by atoms with Gasteiger partial charge in [-0.2, -0.15) is 0 Å². The Morgan fingerprint density at radius 3 is 2.68 bits per heavy atom.